The van der Waals surface area contributed by atoms with Gasteiger partial charge in [0.1, 0.15) is 23.9 Å². The molecule has 314 valence electrons. The number of aliphatic hydroxyl groups excluding tert-OH is 1. The second-order valence-electron chi connectivity index (χ2n) is 14.6. The first-order chi connectivity index (χ1) is 28.9. The van der Waals surface area contributed by atoms with E-state index in [0.29, 0.717) is 84.2 Å². The van der Waals surface area contributed by atoms with Crippen molar-refractivity contribution in [1.29, 1.82) is 0 Å². The van der Waals surface area contributed by atoms with Crippen LogP contribution in [0.15, 0.2) is 96.8 Å². The third-order valence-electron chi connectivity index (χ3n) is 10.7. The number of ether oxygens (including phenoxy) is 3. The maximum atomic E-state index is 14.2. The molecular formula is C46H49ClFN5O6S. The van der Waals surface area contributed by atoms with E-state index in [-0.39, 0.29) is 24.7 Å². The van der Waals surface area contributed by atoms with E-state index in [1.165, 1.54) is 18.2 Å². The van der Waals surface area contributed by atoms with Crippen LogP contribution in [-0.4, -0.2) is 73.3 Å². The van der Waals surface area contributed by atoms with Gasteiger partial charge in [0, 0.05) is 29.9 Å². The lowest BCUT2D eigenvalue weighted by molar-refractivity contribution is -0.145. The maximum absolute atomic E-state index is 14.2. The van der Waals surface area contributed by atoms with Crippen molar-refractivity contribution in [1.82, 2.24) is 24.2 Å². The van der Waals surface area contributed by atoms with Crippen molar-refractivity contribution < 1.29 is 33.6 Å². The molecule has 4 heterocycles. The number of benzene rings is 2. The highest BCUT2D eigenvalue weighted by Crippen LogP contribution is 2.46. The van der Waals surface area contributed by atoms with Crippen LogP contribution >= 0.6 is 23.1 Å². The molecule has 14 heteroatoms. The number of fused-ring (bicyclic) bond motifs is 1. The Kier molecular flexibility index (Phi) is 14.7. The standard InChI is InChI=1S/C46H49ClFN5O6S/c1-7-30(28(5)58-26-33-16-20-49-44(51-33)34(8-2)36(54)9-3)24-38(46(55)56)59-45-41-39(60-52-45)25-50-43(31-10-12-32(48)13-11-31)40(41)35-14-15-37(42(47)27(35)4)57-23-19-29-17-21-53(6)22-18-29/h7-16,20,25,29,38,54H,1,17-19,21-24,26H2,2-6H3,(H,55,56)/b30-28-,34-8+,36-9+/t38-/m1/s1. The average molecular weight is 854 g/mol. The van der Waals surface area contributed by atoms with E-state index in [0.717, 1.165) is 49.4 Å². The number of hydrogen-bond donors (Lipinski definition) is 2. The highest BCUT2D eigenvalue weighted by molar-refractivity contribution is 7.13. The number of aliphatic hydroxyl groups is 1. The van der Waals surface area contributed by atoms with Gasteiger partial charge < -0.3 is 29.3 Å². The fraction of sp³-hybridized carbons (Fsp3) is 0.326. The van der Waals surface area contributed by atoms with Gasteiger partial charge in [-0.3, -0.25) is 4.98 Å². The quantitative estimate of drug-likeness (QED) is 0.0682. The van der Waals surface area contributed by atoms with Gasteiger partial charge in [0.05, 0.1) is 44.4 Å². The largest absolute Gasteiger partial charge is 0.508 e. The maximum Gasteiger partial charge on any atom is 0.345 e. The van der Waals surface area contributed by atoms with Crippen LogP contribution in [0.4, 0.5) is 4.39 Å². The second kappa shape index (κ2) is 20.1. The molecule has 0 aliphatic carbocycles. The molecule has 1 aliphatic heterocycles. The van der Waals surface area contributed by atoms with Crippen LogP contribution in [0.5, 0.6) is 11.6 Å². The zero-order chi connectivity index (χ0) is 42.9. The van der Waals surface area contributed by atoms with Crippen LogP contribution < -0.4 is 9.47 Å². The molecule has 1 saturated heterocycles. The number of allylic oxidation sites excluding steroid dienone is 5. The van der Waals surface area contributed by atoms with Crippen molar-refractivity contribution in [2.45, 2.75) is 66.1 Å². The van der Waals surface area contributed by atoms with Gasteiger partial charge >= 0.3 is 5.97 Å². The molecule has 0 radical (unpaired) electrons. The topological polar surface area (TPSA) is 140 Å². The van der Waals surface area contributed by atoms with Crippen molar-refractivity contribution in [2.75, 3.05) is 26.7 Å². The first kappa shape index (κ1) is 43.9. The molecule has 1 fully saturated rings. The molecule has 0 saturated carbocycles. The lowest BCUT2D eigenvalue weighted by Gasteiger charge is -2.28. The number of carboxylic acid groups (broad SMARTS) is 1. The van der Waals surface area contributed by atoms with Gasteiger partial charge in [0.25, 0.3) is 0 Å². The highest BCUT2D eigenvalue weighted by atomic mass is 35.5. The van der Waals surface area contributed by atoms with E-state index >= 15 is 0 Å². The van der Waals surface area contributed by atoms with Gasteiger partial charge in [-0.2, -0.15) is 4.37 Å². The molecule has 2 aromatic carbocycles. The lowest BCUT2D eigenvalue weighted by Crippen LogP contribution is -2.30. The van der Waals surface area contributed by atoms with E-state index in [9.17, 15) is 19.4 Å². The third-order valence-corrected chi connectivity index (χ3v) is 11.9. The summed E-state index contributed by atoms with van der Waals surface area (Å²) in [7, 11) is 2.15. The summed E-state index contributed by atoms with van der Waals surface area (Å²) in [5.41, 5.74) is 4.72. The van der Waals surface area contributed by atoms with Gasteiger partial charge in [-0.15, -0.1) is 0 Å². The van der Waals surface area contributed by atoms with Crippen LogP contribution in [0.1, 0.15) is 63.5 Å². The van der Waals surface area contributed by atoms with E-state index in [1.807, 2.05) is 19.1 Å². The third kappa shape index (κ3) is 10.2. The second-order valence-corrected chi connectivity index (χ2v) is 15.8. The summed E-state index contributed by atoms with van der Waals surface area (Å²) in [6, 6.07) is 11.5. The SMILES string of the molecule is C=C/C(C[C@@H](Oc1nsc2cnc(-c3ccc(F)cc3)c(-c3ccc(OCCC4CCN(C)CC4)c(Cl)c3C)c12)C(=O)O)=C(\C)OCc1ccnc(C(=C/C)/C(O)=C\C)n1. The molecule has 1 atom stereocenters. The van der Waals surface area contributed by atoms with Gasteiger partial charge in [0.15, 0.2) is 5.82 Å². The number of hydrogen-bond acceptors (Lipinski definition) is 11. The number of aromatic nitrogens is 4. The Morgan fingerprint density at radius 3 is 2.53 bits per heavy atom. The van der Waals surface area contributed by atoms with Gasteiger partial charge in [-0.1, -0.05) is 36.4 Å². The van der Waals surface area contributed by atoms with Crippen LogP contribution in [0, 0.1) is 18.7 Å². The highest BCUT2D eigenvalue weighted by Gasteiger charge is 2.28. The van der Waals surface area contributed by atoms with Gasteiger partial charge in [-0.05, 0) is 144 Å². The Balaban J connectivity index is 1.30. The normalized spacial score (nSPS) is 15.1. The number of pyridine rings is 1. The number of carbonyl (C=O) groups is 1. The van der Waals surface area contributed by atoms with Crippen molar-refractivity contribution in [3.8, 4) is 34.0 Å². The monoisotopic (exact) mass is 853 g/mol. The van der Waals surface area contributed by atoms with E-state index in [2.05, 4.69) is 32.9 Å². The van der Waals surface area contributed by atoms with Gasteiger partial charge in [-0.25, -0.2) is 19.2 Å². The summed E-state index contributed by atoms with van der Waals surface area (Å²) >= 11 is 8.16. The molecule has 1 aliphatic rings. The number of aliphatic carboxylic acids is 1. The van der Waals surface area contributed by atoms with Crippen molar-refractivity contribution in [3.63, 3.8) is 0 Å². The number of nitrogens with zero attached hydrogens (tertiary/aromatic N) is 5. The first-order valence-corrected chi connectivity index (χ1v) is 20.9. The Morgan fingerprint density at radius 1 is 1.10 bits per heavy atom. The summed E-state index contributed by atoms with van der Waals surface area (Å²) < 4.78 is 38.0. The summed E-state index contributed by atoms with van der Waals surface area (Å²) in [4.78, 5) is 28.8. The smallest absolute Gasteiger partial charge is 0.345 e. The molecule has 5 aromatic rings. The summed E-state index contributed by atoms with van der Waals surface area (Å²) in [6.07, 6.45) is 9.77. The number of halogens is 2. The number of likely N-dealkylation sites (tertiary alicyclic amines) is 1. The lowest BCUT2D eigenvalue weighted by atomic mass is 9.93. The molecule has 0 bridgehead atoms. The zero-order valence-corrected chi connectivity index (χ0v) is 35.9. The number of piperidine rings is 1. The Labute approximate surface area is 358 Å². The van der Waals surface area contributed by atoms with Crippen molar-refractivity contribution >= 4 is 44.8 Å². The minimum absolute atomic E-state index is 0.0498. The molecular weight excluding hydrogens is 805 g/mol. The molecule has 3 aromatic heterocycles. The Bertz CT molecular complexity index is 2440. The average Bonchev–Trinajstić information content (AvgIpc) is 3.66. The fourth-order valence-electron chi connectivity index (χ4n) is 7.12. The minimum Gasteiger partial charge on any atom is -0.508 e. The molecule has 0 amide bonds. The molecule has 0 spiro atoms. The van der Waals surface area contributed by atoms with Crippen LogP contribution in [-0.2, 0) is 16.1 Å². The first-order valence-electron chi connectivity index (χ1n) is 19.8. The van der Waals surface area contributed by atoms with Crippen LogP contribution in [0.3, 0.4) is 0 Å². The summed E-state index contributed by atoms with van der Waals surface area (Å²) in [5, 5.41) is 21.8. The fourth-order valence-corrected chi connectivity index (χ4v) is 8.04. The summed E-state index contributed by atoms with van der Waals surface area (Å²) in [5.74, 6) is 0.465. The molecule has 60 heavy (non-hydrogen) atoms. The number of carboxylic acids is 1. The van der Waals surface area contributed by atoms with E-state index in [4.69, 9.17) is 30.8 Å². The molecule has 6 rings (SSSR count). The Hall–Kier alpha value is -5.63. The van der Waals surface area contributed by atoms with E-state index in [1.54, 1.807) is 63.5 Å². The van der Waals surface area contributed by atoms with Crippen LogP contribution in [0.25, 0.3) is 38.0 Å². The molecule has 2 N–H and O–H groups in total. The van der Waals surface area contributed by atoms with Crippen molar-refractivity contribution in [3.05, 3.63) is 125 Å². The molecule has 11 nitrogen and oxygen atoms in total. The molecule has 0 unspecified atom stereocenters. The van der Waals surface area contributed by atoms with Gasteiger partial charge in [0.2, 0.25) is 12.0 Å². The van der Waals surface area contributed by atoms with Crippen LogP contribution in [0.2, 0.25) is 5.02 Å². The zero-order valence-electron chi connectivity index (χ0n) is 34.4. The minimum atomic E-state index is -1.39. The predicted octanol–water partition coefficient (Wildman–Crippen LogP) is 10.8. The summed E-state index contributed by atoms with van der Waals surface area (Å²) in [6.45, 7) is 13.8. The van der Waals surface area contributed by atoms with Crippen molar-refractivity contribution in [2.24, 2.45) is 5.92 Å². The Morgan fingerprint density at radius 2 is 1.85 bits per heavy atom. The van der Waals surface area contributed by atoms with E-state index < -0.39 is 17.9 Å². The predicted molar refractivity (Wildman–Crippen MR) is 235 cm³/mol. The number of rotatable bonds is 17.